The summed E-state index contributed by atoms with van der Waals surface area (Å²) in [5.74, 6) is 1.28. The van der Waals surface area contributed by atoms with E-state index in [1.807, 2.05) is 0 Å². The molecule has 2 aromatic carbocycles. The molecule has 0 aliphatic carbocycles. The van der Waals surface area contributed by atoms with Gasteiger partial charge >= 0.3 is 14.2 Å². The Kier molecular flexibility index (Phi) is 11.1. The molecule has 2 aliphatic rings. The predicted octanol–water partition coefficient (Wildman–Crippen LogP) is 8.96. The van der Waals surface area contributed by atoms with E-state index >= 15 is 0 Å². The summed E-state index contributed by atoms with van der Waals surface area (Å²) in [5, 5.41) is 2.68. The third kappa shape index (κ3) is 7.45. The fourth-order valence-electron chi connectivity index (χ4n) is 6.74. The number of hydrogen-bond acceptors (Lipinski definition) is 4. The molecule has 0 aromatic heterocycles. The molecule has 0 bridgehead atoms. The van der Waals surface area contributed by atoms with Crippen LogP contribution in [0.25, 0.3) is 10.8 Å². The molecule has 6 heteroatoms. The minimum atomic E-state index is -0.378. The molecule has 2 aliphatic heterocycles. The highest BCUT2D eigenvalue weighted by molar-refractivity contribution is 6.63. The molecule has 2 aromatic rings. The van der Waals surface area contributed by atoms with E-state index < -0.39 is 0 Å². The predicted molar refractivity (Wildman–Crippen MR) is 189 cm³/mol. The van der Waals surface area contributed by atoms with Crippen LogP contribution in [0, 0.1) is 11.8 Å². The van der Waals surface area contributed by atoms with Gasteiger partial charge in [-0.25, -0.2) is 0 Å². The Balaban J connectivity index is 1.91. The van der Waals surface area contributed by atoms with Crippen molar-refractivity contribution in [1.82, 2.24) is 0 Å². The monoisotopic (exact) mass is 604 g/mol. The highest BCUT2D eigenvalue weighted by Gasteiger charge is 2.53. The summed E-state index contributed by atoms with van der Waals surface area (Å²) in [6, 6.07) is 9.55. The molecular formula is C38H62B2O4. The number of benzene rings is 2. The van der Waals surface area contributed by atoms with Gasteiger partial charge in [0.1, 0.15) is 0 Å². The third-order valence-electron chi connectivity index (χ3n) is 11.4. The van der Waals surface area contributed by atoms with Crippen molar-refractivity contribution in [3.05, 3.63) is 35.4 Å². The maximum absolute atomic E-state index is 6.63. The van der Waals surface area contributed by atoms with E-state index in [9.17, 15) is 0 Å². The molecule has 0 saturated carbocycles. The van der Waals surface area contributed by atoms with Gasteiger partial charge in [-0.2, -0.15) is 0 Å². The second-order valence-corrected chi connectivity index (χ2v) is 15.9. The SMILES string of the molecule is CCCCC(CC)Cc1cc(B2OC(C)(C)C(C)(C)O2)cc2c(CC(CC)CCCC)cc(B3OC(C)(C)C(C)(C)O3)cc12. The summed E-state index contributed by atoms with van der Waals surface area (Å²) in [5.41, 5.74) is 3.57. The number of unbranched alkanes of at least 4 members (excludes halogenated alkanes) is 2. The molecule has 4 rings (SSSR count). The van der Waals surface area contributed by atoms with Gasteiger partial charge in [0, 0.05) is 0 Å². The Morgan fingerprint density at radius 3 is 1.11 bits per heavy atom. The van der Waals surface area contributed by atoms with Gasteiger partial charge in [-0.05, 0) is 113 Å². The first-order chi connectivity index (χ1) is 20.6. The molecule has 0 amide bonds. The standard InChI is InChI=1S/C38H62B2O4/c1-13-17-19-27(15-3)21-29-23-31(39-41-35(5,6)36(7,8)42-39)26-34-30(22-28(16-4)20-18-14-2)24-32(25-33(29)34)40-43-37(9,10)38(11,12)44-40/h23-28H,13-22H2,1-12H3. The summed E-state index contributed by atoms with van der Waals surface area (Å²) < 4.78 is 26.5. The fraction of sp³-hybridized carbons (Fsp3) is 0.737. The van der Waals surface area contributed by atoms with E-state index in [0.29, 0.717) is 11.8 Å². The lowest BCUT2D eigenvalue weighted by Crippen LogP contribution is -2.41. The minimum Gasteiger partial charge on any atom is -0.399 e. The topological polar surface area (TPSA) is 36.9 Å². The Morgan fingerprint density at radius 1 is 0.523 bits per heavy atom. The lowest BCUT2D eigenvalue weighted by Gasteiger charge is -2.32. The molecular weight excluding hydrogens is 542 g/mol. The number of fused-ring (bicyclic) bond motifs is 1. The zero-order valence-corrected chi connectivity index (χ0v) is 30.3. The van der Waals surface area contributed by atoms with Gasteiger partial charge in [0.05, 0.1) is 22.4 Å². The van der Waals surface area contributed by atoms with Gasteiger partial charge in [0.15, 0.2) is 0 Å². The molecule has 2 fully saturated rings. The average molecular weight is 605 g/mol. The van der Waals surface area contributed by atoms with E-state index in [0.717, 1.165) is 23.8 Å². The van der Waals surface area contributed by atoms with Crippen molar-refractivity contribution >= 4 is 35.9 Å². The Labute approximate surface area is 271 Å². The summed E-state index contributed by atoms with van der Waals surface area (Å²) in [7, 11) is -0.756. The van der Waals surface area contributed by atoms with Gasteiger partial charge in [-0.3, -0.25) is 0 Å². The van der Waals surface area contributed by atoms with Crippen molar-refractivity contribution in [2.45, 2.75) is 170 Å². The molecule has 2 unspecified atom stereocenters. The maximum Gasteiger partial charge on any atom is 0.494 e. The highest BCUT2D eigenvalue weighted by atomic mass is 16.7. The lowest BCUT2D eigenvalue weighted by atomic mass is 9.72. The van der Waals surface area contributed by atoms with E-state index in [1.54, 1.807) is 0 Å². The Hall–Kier alpha value is -1.33. The first kappa shape index (κ1) is 35.5. The van der Waals surface area contributed by atoms with Gasteiger partial charge in [0.2, 0.25) is 0 Å². The van der Waals surface area contributed by atoms with Gasteiger partial charge in [-0.1, -0.05) is 103 Å². The molecule has 0 radical (unpaired) electrons. The third-order valence-corrected chi connectivity index (χ3v) is 11.4. The summed E-state index contributed by atoms with van der Waals surface area (Å²) in [6.07, 6.45) is 12.0. The molecule has 244 valence electrons. The second-order valence-electron chi connectivity index (χ2n) is 15.9. The van der Waals surface area contributed by atoms with Gasteiger partial charge in [0.25, 0.3) is 0 Å². The zero-order valence-electron chi connectivity index (χ0n) is 30.3. The summed E-state index contributed by atoms with van der Waals surface area (Å²) in [6.45, 7) is 26.5. The van der Waals surface area contributed by atoms with E-state index in [1.165, 1.54) is 73.3 Å². The summed E-state index contributed by atoms with van der Waals surface area (Å²) in [4.78, 5) is 0. The quantitative estimate of drug-likeness (QED) is 0.202. The molecule has 4 nitrogen and oxygen atoms in total. The normalized spacial score (nSPS) is 21.7. The molecule has 44 heavy (non-hydrogen) atoms. The Bertz CT molecular complexity index is 1140. The Morgan fingerprint density at radius 2 is 0.841 bits per heavy atom. The van der Waals surface area contributed by atoms with Crippen molar-refractivity contribution < 1.29 is 18.6 Å². The zero-order chi connectivity index (χ0) is 32.5. The second kappa shape index (κ2) is 13.8. The van der Waals surface area contributed by atoms with Crippen LogP contribution < -0.4 is 10.9 Å². The van der Waals surface area contributed by atoms with Crippen molar-refractivity contribution in [1.29, 1.82) is 0 Å². The highest BCUT2D eigenvalue weighted by Crippen LogP contribution is 2.39. The number of rotatable bonds is 14. The van der Waals surface area contributed by atoms with Crippen molar-refractivity contribution in [3.8, 4) is 0 Å². The van der Waals surface area contributed by atoms with Crippen LogP contribution in [0.5, 0.6) is 0 Å². The first-order valence-electron chi connectivity index (χ1n) is 17.9. The molecule has 0 N–H and O–H groups in total. The summed E-state index contributed by atoms with van der Waals surface area (Å²) >= 11 is 0. The average Bonchev–Trinajstić information content (AvgIpc) is 3.32. The van der Waals surface area contributed by atoms with Crippen LogP contribution in [0.2, 0.25) is 0 Å². The van der Waals surface area contributed by atoms with Crippen molar-refractivity contribution in [2.75, 3.05) is 0 Å². The van der Waals surface area contributed by atoms with Crippen LogP contribution in [0.4, 0.5) is 0 Å². The lowest BCUT2D eigenvalue weighted by molar-refractivity contribution is 0.00578. The molecule has 2 atom stereocenters. The smallest absolute Gasteiger partial charge is 0.399 e. The van der Waals surface area contributed by atoms with Crippen LogP contribution in [0.1, 0.15) is 146 Å². The molecule has 0 spiro atoms. The van der Waals surface area contributed by atoms with E-state index in [-0.39, 0.29) is 36.6 Å². The van der Waals surface area contributed by atoms with Crippen LogP contribution in [0.15, 0.2) is 24.3 Å². The van der Waals surface area contributed by atoms with E-state index in [4.69, 9.17) is 18.6 Å². The van der Waals surface area contributed by atoms with Crippen LogP contribution in [-0.4, -0.2) is 36.6 Å². The van der Waals surface area contributed by atoms with Crippen molar-refractivity contribution in [2.24, 2.45) is 11.8 Å². The van der Waals surface area contributed by atoms with Gasteiger partial charge < -0.3 is 18.6 Å². The molecule has 2 saturated heterocycles. The molecule has 2 heterocycles. The van der Waals surface area contributed by atoms with Crippen LogP contribution >= 0.6 is 0 Å². The number of hydrogen-bond donors (Lipinski definition) is 0. The van der Waals surface area contributed by atoms with Gasteiger partial charge in [-0.15, -0.1) is 0 Å². The largest absolute Gasteiger partial charge is 0.494 e. The van der Waals surface area contributed by atoms with Crippen LogP contribution in [-0.2, 0) is 31.5 Å². The minimum absolute atomic E-state index is 0.378. The van der Waals surface area contributed by atoms with E-state index in [2.05, 4.69) is 107 Å². The maximum atomic E-state index is 6.63. The fourth-order valence-corrected chi connectivity index (χ4v) is 6.74. The van der Waals surface area contributed by atoms with Crippen molar-refractivity contribution in [3.63, 3.8) is 0 Å². The first-order valence-corrected chi connectivity index (χ1v) is 17.9. The van der Waals surface area contributed by atoms with Crippen LogP contribution in [0.3, 0.4) is 0 Å².